The minimum atomic E-state index is -2.07. The Morgan fingerprint density at radius 2 is 1.44 bits per heavy atom. The van der Waals surface area contributed by atoms with E-state index in [1.807, 2.05) is 0 Å². The van der Waals surface area contributed by atoms with E-state index in [-0.39, 0.29) is 95.3 Å². The number of carbonyl (C=O) groups is 12. The van der Waals surface area contributed by atoms with Crippen molar-refractivity contribution in [2.45, 2.75) is 142 Å². The highest BCUT2D eigenvalue weighted by Crippen LogP contribution is 2.46. The van der Waals surface area contributed by atoms with E-state index in [1.54, 1.807) is 58.0 Å². The summed E-state index contributed by atoms with van der Waals surface area (Å²) in [5.74, 6) is -6.64. The quantitative estimate of drug-likeness (QED) is 0.0228. The van der Waals surface area contributed by atoms with E-state index >= 15 is 4.39 Å². The number of benzene rings is 2. The molecule has 4 aliphatic rings. The first kappa shape index (κ1) is 71.9. The summed E-state index contributed by atoms with van der Waals surface area (Å²) in [5.41, 5.74) is 1.90. The lowest BCUT2D eigenvalue weighted by atomic mass is 9.81. The van der Waals surface area contributed by atoms with Crippen molar-refractivity contribution in [3.63, 3.8) is 0 Å². The molecule has 11 amide bonds. The average Bonchev–Trinajstić information content (AvgIpc) is 1.47. The molecule has 2 aromatic carbocycles. The number of pyridine rings is 2. The molecule has 514 valence electrons. The lowest BCUT2D eigenvalue weighted by molar-refractivity contribution is -0.172. The van der Waals surface area contributed by atoms with Crippen molar-refractivity contribution >= 4 is 87.7 Å². The maximum atomic E-state index is 15.5. The number of alkyl carbamates (subject to hydrolysis) is 1. The number of esters is 1. The molecule has 0 spiro atoms. The number of amides is 11. The maximum absolute atomic E-state index is 15.5. The third-order valence-electron chi connectivity index (χ3n) is 17.9. The number of hydrogen-bond acceptors (Lipinski definition) is 17. The molecule has 28 nitrogen and oxygen atoms in total. The molecule has 96 heavy (non-hydrogen) atoms. The first-order chi connectivity index (χ1) is 45.5. The van der Waals surface area contributed by atoms with Gasteiger partial charge >= 0.3 is 12.1 Å². The molecule has 0 radical (unpaired) electrons. The van der Waals surface area contributed by atoms with Crippen LogP contribution < -0.4 is 32.1 Å². The summed E-state index contributed by atoms with van der Waals surface area (Å²) in [6.45, 7) is 6.54. The standard InChI is InChI=1S/C67H83FN12O16/c1-10-67(94)45-28-50-61-43(30-80(50)64(91)44(45)36-95-65(67)92)59-47(23-22-42-38(4)46(68)29-49(71-61)58(42)59)73-66(93)96-35-40-18-20-41(21-19-40)70-62(89)48(72-63(90)60(37(2)3)74-51(82)17-12-11-15-27-79-53(84)24-25-54(79)85)16-13-14-26-69-52(83)31-76(7)56(87)33-78(9)57(88)34-77(8)55(86)32-75(6)39(5)81/h18-21,24-25,28-29,37,47-48,60,94H,10-17,22-23,26-27,30-36H2,1-9H3,(H,69,83)(H,70,89)(H,72,90)(H,73,93)(H,74,82)/t47-,48-,60-,67-/m0/s1. The zero-order chi connectivity index (χ0) is 70.0. The molecule has 8 rings (SSSR count). The second kappa shape index (κ2) is 31.1. The van der Waals surface area contributed by atoms with Gasteiger partial charge in [-0.15, -0.1) is 0 Å². The number of aromatic nitrogens is 2. The largest absolute Gasteiger partial charge is 0.458 e. The Bertz CT molecular complexity index is 3850. The van der Waals surface area contributed by atoms with Crippen molar-refractivity contribution < 1.29 is 76.5 Å². The Morgan fingerprint density at radius 3 is 2.07 bits per heavy atom. The molecule has 6 N–H and O–H groups in total. The number of rotatable bonds is 29. The van der Waals surface area contributed by atoms with Gasteiger partial charge in [0.15, 0.2) is 5.60 Å². The summed E-state index contributed by atoms with van der Waals surface area (Å²) in [5, 5.41) is 26.2. The van der Waals surface area contributed by atoms with Gasteiger partial charge < -0.3 is 65.3 Å². The monoisotopic (exact) mass is 1330 g/mol. The number of ether oxygens (including phenoxy) is 2. The molecule has 3 aliphatic heterocycles. The van der Waals surface area contributed by atoms with E-state index in [0.29, 0.717) is 101 Å². The number of nitrogens with one attached hydrogen (secondary N) is 5. The molecule has 29 heteroatoms. The van der Waals surface area contributed by atoms with Crippen LogP contribution in [0.1, 0.15) is 130 Å². The van der Waals surface area contributed by atoms with Crippen molar-refractivity contribution in [2.75, 3.05) is 72.8 Å². The Balaban J connectivity index is 0.878. The summed E-state index contributed by atoms with van der Waals surface area (Å²) < 4.78 is 28.0. The molecular formula is C67H83FN12O16. The molecule has 0 fully saturated rings. The molecule has 4 aromatic rings. The highest BCUT2D eigenvalue weighted by atomic mass is 19.1. The molecule has 0 saturated heterocycles. The molecular weight excluding hydrogens is 1250 g/mol. The van der Waals surface area contributed by atoms with Crippen LogP contribution in [0.15, 0.2) is 53.3 Å². The third kappa shape index (κ3) is 16.6. The number of hydrogen-bond donors (Lipinski definition) is 6. The van der Waals surface area contributed by atoms with Crippen LogP contribution in [-0.4, -0.2) is 190 Å². The zero-order valence-electron chi connectivity index (χ0n) is 55.4. The lowest BCUT2D eigenvalue weighted by Gasteiger charge is -2.31. The van der Waals surface area contributed by atoms with Crippen LogP contribution in [0, 0.1) is 18.7 Å². The normalized spacial score (nSPS) is 16.4. The molecule has 5 heterocycles. The van der Waals surface area contributed by atoms with Gasteiger partial charge in [-0.05, 0) is 105 Å². The number of anilines is 1. The Labute approximate surface area is 553 Å². The van der Waals surface area contributed by atoms with Crippen LogP contribution in [0.4, 0.5) is 14.9 Å². The van der Waals surface area contributed by atoms with E-state index in [0.717, 1.165) is 19.6 Å². The van der Waals surface area contributed by atoms with Crippen molar-refractivity contribution in [1.29, 1.82) is 0 Å². The number of aliphatic hydroxyl groups is 1. The average molecular weight is 1330 g/mol. The van der Waals surface area contributed by atoms with Gasteiger partial charge in [-0.2, -0.15) is 0 Å². The zero-order valence-corrected chi connectivity index (χ0v) is 55.4. The number of aryl methyl sites for hydroxylation is 1. The van der Waals surface area contributed by atoms with E-state index in [4.69, 9.17) is 14.5 Å². The van der Waals surface area contributed by atoms with Crippen molar-refractivity contribution in [1.82, 2.24) is 55.3 Å². The fourth-order valence-corrected chi connectivity index (χ4v) is 12.0. The molecule has 4 atom stereocenters. The van der Waals surface area contributed by atoms with Gasteiger partial charge in [0.1, 0.15) is 31.1 Å². The fourth-order valence-electron chi connectivity index (χ4n) is 12.0. The van der Waals surface area contributed by atoms with Gasteiger partial charge in [0, 0.05) is 95.0 Å². The maximum Gasteiger partial charge on any atom is 0.407 e. The van der Waals surface area contributed by atoms with Crippen LogP contribution in [0.2, 0.25) is 0 Å². The SMILES string of the molecule is CC[C@@]1(O)C(=O)OCc2c1cc1n(c2=O)Cc2c-1nc1cc(F)c(C)c3c1c2[C@@H](NC(=O)OCc1ccc(NC(=O)[C@H](CCCCNC(=O)CN(C)C(=O)CN(C)C(=O)CN(C)C(=O)CN(C)C(C)=O)NC(=O)[C@@H](NC(=O)CCCCCN2C(=O)C=CC2=O)C(C)C)cc1)CC3. The van der Waals surface area contributed by atoms with Crippen LogP contribution in [0.3, 0.4) is 0 Å². The van der Waals surface area contributed by atoms with Gasteiger partial charge in [0.2, 0.25) is 47.3 Å². The van der Waals surface area contributed by atoms with E-state index in [2.05, 4.69) is 26.6 Å². The number of fused-ring (bicyclic) bond motifs is 5. The lowest BCUT2D eigenvalue weighted by Crippen LogP contribution is -2.54. The number of unbranched alkanes of at least 4 members (excludes halogenated alkanes) is 3. The van der Waals surface area contributed by atoms with Gasteiger partial charge in [0.05, 0.1) is 61.2 Å². The van der Waals surface area contributed by atoms with Gasteiger partial charge in [-0.25, -0.2) is 19.0 Å². The second-order valence-electron chi connectivity index (χ2n) is 25.1. The van der Waals surface area contributed by atoms with E-state index < -0.39 is 106 Å². The number of imide groups is 1. The predicted octanol–water partition coefficient (Wildman–Crippen LogP) is 2.63. The van der Waals surface area contributed by atoms with Crippen LogP contribution in [-0.2, 0) is 94.0 Å². The van der Waals surface area contributed by atoms with Gasteiger partial charge in [-0.1, -0.05) is 39.3 Å². The smallest absolute Gasteiger partial charge is 0.407 e. The van der Waals surface area contributed by atoms with Crippen molar-refractivity contribution in [3.8, 4) is 11.4 Å². The number of cyclic esters (lactones) is 1. The molecule has 0 saturated carbocycles. The molecule has 1 aliphatic carbocycles. The number of nitrogens with zero attached hydrogens (tertiary/aromatic N) is 7. The summed E-state index contributed by atoms with van der Waals surface area (Å²) in [6, 6.07) is 6.39. The summed E-state index contributed by atoms with van der Waals surface area (Å²) in [4.78, 5) is 179. The fraction of sp³-hybridized carbons (Fsp3) is 0.493. The van der Waals surface area contributed by atoms with Crippen LogP contribution in [0.5, 0.6) is 0 Å². The first-order valence-corrected chi connectivity index (χ1v) is 32.0. The van der Waals surface area contributed by atoms with Crippen LogP contribution >= 0.6 is 0 Å². The van der Waals surface area contributed by atoms with Gasteiger partial charge in [0.25, 0.3) is 17.4 Å². The summed E-state index contributed by atoms with van der Waals surface area (Å²) in [6.07, 6.45) is 4.44. The first-order valence-electron chi connectivity index (χ1n) is 32.0. The minimum Gasteiger partial charge on any atom is -0.458 e. The summed E-state index contributed by atoms with van der Waals surface area (Å²) >= 11 is 0. The summed E-state index contributed by atoms with van der Waals surface area (Å²) in [7, 11) is 5.61. The highest BCUT2D eigenvalue weighted by Gasteiger charge is 2.46. The number of carbonyl (C=O) groups excluding carboxylic acids is 12. The van der Waals surface area contributed by atoms with Crippen molar-refractivity contribution in [3.05, 3.63) is 104 Å². The number of halogens is 1. The minimum absolute atomic E-state index is 0.0369. The molecule has 0 bridgehead atoms. The van der Waals surface area contributed by atoms with E-state index in [1.165, 1.54) is 62.8 Å². The number of likely N-dealkylation sites (N-methyl/N-ethyl adjacent to an activating group) is 4. The topological polar surface area (TPSA) is 355 Å². The highest BCUT2D eigenvalue weighted by molar-refractivity contribution is 6.13. The second-order valence-corrected chi connectivity index (χ2v) is 25.1. The Morgan fingerprint density at radius 1 is 0.792 bits per heavy atom. The van der Waals surface area contributed by atoms with E-state index in [9.17, 15) is 67.4 Å². The van der Waals surface area contributed by atoms with Crippen LogP contribution in [0.25, 0.3) is 22.3 Å². The predicted molar refractivity (Wildman–Crippen MR) is 345 cm³/mol. The van der Waals surface area contributed by atoms with Crippen molar-refractivity contribution in [2.24, 2.45) is 5.92 Å². The van der Waals surface area contributed by atoms with Gasteiger partial charge in [-0.3, -0.25) is 57.6 Å². The molecule has 0 unspecified atom stereocenters. The Kier molecular flexibility index (Phi) is 23.3. The Hall–Kier alpha value is -9.93. The molecule has 2 aromatic heterocycles. The third-order valence-corrected chi connectivity index (χ3v) is 17.9.